The first-order valence-corrected chi connectivity index (χ1v) is 12.0. The maximum atomic E-state index is 13.9. The van der Waals surface area contributed by atoms with Crippen molar-refractivity contribution < 1.29 is 41.0 Å². The van der Waals surface area contributed by atoms with Crippen molar-refractivity contribution in [2.75, 3.05) is 13.7 Å². The molecular formula is C26H28F4N4O5. The monoisotopic (exact) mass is 552 g/mol. The number of carbonyl (C=O) groups excluding carboxylic acids is 2. The number of oxazole rings is 1. The zero-order chi connectivity index (χ0) is 28.5. The quantitative estimate of drug-likeness (QED) is 0.211. The normalized spacial score (nSPS) is 11.8. The van der Waals surface area contributed by atoms with Gasteiger partial charge in [-0.2, -0.15) is 8.78 Å². The van der Waals surface area contributed by atoms with Gasteiger partial charge in [0, 0.05) is 37.2 Å². The van der Waals surface area contributed by atoms with Crippen LogP contribution in [0.3, 0.4) is 0 Å². The number of amides is 2. The molecule has 1 aromatic heterocycles. The minimum atomic E-state index is -3.10. The van der Waals surface area contributed by atoms with E-state index in [9.17, 15) is 27.2 Å². The Bertz CT molecular complexity index is 1300. The van der Waals surface area contributed by atoms with Crippen LogP contribution in [0.15, 0.2) is 40.8 Å². The number of aromatic nitrogens is 1. The molecule has 1 heterocycles. The predicted molar refractivity (Wildman–Crippen MR) is 132 cm³/mol. The topological polar surface area (TPSA) is 129 Å². The number of unbranched alkanes of at least 4 members (excludes halogenated alkanes) is 1. The van der Waals surface area contributed by atoms with Crippen LogP contribution in [0.2, 0.25) is 0 Å². The Morgan fingerprint density at radius 2 is 1.87 bits per heavy atom. The number of rotatable bonds is 13. The van der Waals surface area contributed by atoms with Gasteiger partial charge in [0.1, 0.15) is 11.6 Å². The number of benzene rings is 2. The number of alkyl halides is 2. The molecule has 0 aliphatic heterocycles. The van der Waals surface area contributed by atoms with Crippen molar-refractivity contribution in [1.82, 2.24) is 15.6 Å². The molecule has 2 amide bonds. The third kappa shape index (κ3) is 8.18. The third-order valence-corrected chi connectivity index (χ3v) is 5.48. The highest BCUT2D eigenvalue weighted by Gasteiger charge is 2.24. The predicted octanol–water partition coefficient (Wildman–Crippen LogP) is 4.47. The van der Waals surface area contributed by atoms with Crippen LogP contribution < -0.4 is 25.8 Å². The number of hydrogen-bond acceptors (Lipinski definition) is 7. The van der Waals surface area contributed by atoms with Crippen LogP contribution in [0.4, 0.5) is 17.6 Å². The van der Waals surface area contributed by atoms with Gasteiger partial charge in [-0.05, 0) is 44.0 Å². The van der Waals surface area contributed by atoms with Gasteiger partial charge >= 0.3 is 6.61 Å². The van der Waals surface area contributed by atoms with Crippen LogP contribution >= 0.6 is 0 Å². The maximum absolute atomic E-state index is 13.9. The van der Waals surface area contributed by atoms with Gasteiger partial charge in [-0.3, -0.25) is 9.59 Å². The second-order valence-corrected chi connectivity index (χ2v) is 8.46. The molecule has 0 radical (unpaired) electrons. The van der Waals surface area contributed by atoms with Gasteiger partial charge < -0.3 is 30.3 Å². The molecule has 3 rings (SSSR count). The van der Waals surface area contributed by atoms with Crippen molar-refractivity contribution in [2.24, 2.45) is 5.73 Å². The second kappa shape index (κ2) is 13.6. The van der Waals surface area contributed by atoms with Gasteiger partial charge in [-0.1, -0.05) is 6.07 Å². The lowest BCUT2D eigenvalue weighted by Gasteiger charge is -2.13. The number of carbonyl (C=O) groups is 2. The fourth-order valence-corrected chi connectivity index (χ4v) is 3.49. The first-order valence-electron chi connectivity index (χ1n) is 12.0. The van der Waals surface area contributed by atoms with E-state index in [2.05, 4.69) is 20.4 Å². The SMILES string of the molecule is CNC(=O)CCCCOc1cc(-c2nc(C(=O)NCc3ccc(F)cc3F)c([C@H](C)N)o2)ccc1OC(F)F. The molecule has 0 bridgehead atoms. The summed E-state index contributed by atoms with van der Waals surface area (Å²) in [6, 6.07) is 6.21. The van der Waals surface area contributed by atoms with Crippen LogP contribution in [-0.4, -0.2) is 37.1 Å². The van der Waals surface area contributed by atoms with E-state index in [-0.39, 0.29) is 65.5 Å². The molecule has 0 saturated carbocycles. The fraction of sp³-hybridized carbons (Fsp3) is 0.346. The number of halogens is 4. The Morgan fingerprint density at radius 3 is 2.54 bits per heavy atom. The molecule has 0 unspecified atom stereocenters. The van der Waals surface area contributed by atoms with E-state index in [0.29, 0.717) is 18.9 Å². The van der Waals surface area contributed by atoms with Gasteiger partial charge in [0.05, 0.1) is 12.6 Å². The summed E-state index contributed by atoms with van der Waals surface area (Å²) in [5.41, 5.74) is 6.13. The first kappa shape index (κ1) is 29.4. The van der Waals surface area contributed by atoms with Crippen LogP contribution in [0, 0.1) is 11.6 Å². The van der Waals surface area contributed by atoms with E-state index in [4.69, 9.17) is 14.9 Å². The number of ether oxygens (including phenoxy) is 2. The zero-order valence-corrected chi connectivity index (χ0v) is 21.2. The van der Waals surface area contributed by atoms with Crippen molar-refractivity contribution in [2.45, 2.75) is 45.4 Å². The minimum absolute atomic E-state index is 0.0222. The molecule has 3 aromatic rings. The van der Waals surface area contributed by atoms with E-state index in [0.717, 1.165) is 6.07 Å². The molecule has 0 saturated heterocycles. The van der Waals surface area contributed by atoms with E-state index in [1.807, 2.05) is 0 Å². The van der Waals surface area contributed by atoms with E-state index in [1.54, 1.807) is 6.92 Å². The highest BCUT2D eigenvalue weighted by atomic mass is 19.3. The van der Waals surface area contributed by atoms with Crippen LogP contribution in [-0.2, 0) is 11.3 Å². The molecule has 1 atom stereocenters. The third-order valence-electron chi connectivity index (χ3n) is 5.48. The van der Waals surface area contributed by atoms with Crippen molar-refractivity contribution in [3.63, 3.8) is 0 Å². The van der Waals surface area contributed by atoms with Crippen LogP contribution in [0.25, 0.3) is 11.5 Å². The Labute approximate surface area is 221 Å². The maximum Gasteiger partial charge on any atom is 0.387 e. The number of nitrogens with zero attached hydrogens (tertiary/aromatic N) is 1. The molecule has 210 valence electrons. The van der Waals surface area contributed by atoms with E-state index in [1.165, 1.54) is 31.3 Å². The van der Waals surface area contributed by atoms with Gasteiger partial charge in [-0.25, -0.2) is 13.8 Å². The van der Waals surface area contributed by atoms with Gasteiger partial charge in [-0.15, -0.1) is 0 Å². The van der Waals surface area contributed by atoms with Gasteiger partial charge in [0.2, 0.25) is 11.8 Å². The Balaban J connectivity index is 1.80. The lowest BCUT2D eigenvalue weighted by molar-refractivity contribution is -0.120. The first-order chi connectivity index (χ1) is 18.6. The summed E-state index contributed by atoms with van der Waals surface area (Å²) in [6.45, 7) is -1.67. The summed E-state index contributed by atoms with van der Waals surface area (Å²) >= 11 is 0. The van der Waals surface area contributed by atoms with Crippen molar-refractivity contribution in [1.29, 1.82) is 0 Å². The van der Waals surface area contributed by atoms with Gasteiger partial charge in [0.15, 0.2) is 23.0 Å². The summed E-state index contributed by atoms with van der Waals surface area (Å²) in [5, 5.41) is 5.00. The average Bonchev–Trinajstić information content (AvgIpc) is 3.34. The lowest BCUT2D eigenvalue weighted by atomic mass is 10.2. The molecule has 13 heteroatoms. The smallest absolute Gasteiger partial charge is 0.387 e. The fourth-order valence-electron chi connectivity index (χ4n) is 3.49. The second-order valence-electron chi connectivity index (χ2n) is 8.46. The molecular weight excluding hydrogens is 524 g/mol. The van der Waals surface area contributed by atoms with Crippen molar-refractivity contribution >= 4 is 11.8 Å². The molecule has 39 heavy (non-hydrogen) atoms. The molecule has 0 fully saturated rings. The highest BCUT2D eigenvalue weighted by Crippen LogP contribution is 2.35. The van der Waals surface area contributed by atoms with Crippen molar-refractivity contribution in [3.8, 4) is 23.0 Å². The summed E-state index contributed by atoms with van der Waals surface area (Å²) in [7, 11) is 1.53. The number of hydrogen-bond donors (Lipinski definition) is 3. The van der Waals surface area contributed by atoms with Crippen molar-refractivity contribution in [3.05, 3.63) is 65.1 Å². The molecule has 0 spiro atoms. The van der Waals surface area contributed by atoms with E-state index < -0.39 is 30.2 Å². The number of nitrogens with two attached hydrogens (primary N) is 1. The molecule has 9 nitrogen and oxygen atoms in total. The Morgan fingerprint density at radius 1 is 1.10 bits per heavy atom. The summed E-state index contributed by atoms with van der Waals surface area (Å²) in [4.78, 5) is 28.4. The summed E-state index contributed by atoms with van der Waals surface area (Å²) in [5.74, 6) is -2.68. The van der Waals surface area contributed by atoms with Crippen LogP contribution in [0.1, 0.15) is 54.0 Å². The molecule has 4 N–H and O–H groups in total. The molecule has 0 aliphatic carbocycles. The molecule has 2 aromatic carbocycles. The average molecular weight is 553 g/mol. The standard InChI is InChI=1S/C26H28F4N4O5/c1-14(31)23-22(24(36)33-13-16-6-8-17(27)12-18(16)28)34-25(39-23)15-7-9-19(38-26(29)30)20(11-15)37-10-4-3-5-21(35)32-2/h6-9,11-12,14,26H,3-5,10,13,31H2,1-2H3,(H,32,35)(H,33,36)/t14-/m0/s1. The van der Waals surface area contributed by atoms with Crippen LogP contribution in [0.5, 0.6) is 11.5 Å². The zero-order valence-electron chi connectivity index (χ0n) is 21.2. The number of nitrogens with one attached hydrogen (secondary N) is 2. The van der Waals surface area contributed by atoms with Gasteiger partial charge in [0.25, 0.3) is 5.91 Å². The summed E-state index contributed by atoms with van der Waals surface area (Å²) < 4.78 is 68.8. The highest BCUT2D eigenvalue weighted by molar-refractivity contribution is 5.94. The minimum Gasteiger partial charge on any atom is -0.490 e. The Kier molecular flexibility index (Phi) is 10.3. The van der Waals surface area contributed by atoms with E-state index >= 15 is 0 Å². The summed E-state index contributed by atoms with van der Waals surface area (Å²) in [6.07, 6.45) is 1.27. The molecule has 0 aliphatic rings. The largest absolute Gasteiger partial charge is 0.490 e. The lowest BCUT2D eigenvalue weighted by Crippen LogP contribution is -2.25. The Hall–Kier alpha value is -4.13.